The first-order chi connectivity index (χ1) is 22.5. The molecule has 0 amide bonds. The summed E-state index contributed by atoms with van der Waals surface area (Å²) in [6.07, 6.45) is -13.4. The Kier molecular flexibility index (Phi) is 12.8. The first-order valence-corrected chi connectivity index (χ1v) is 14.6. The van der Waals surface area contributed by atoms with Gasteiger partial charge in [-0.1, -0.05) is 12.1 Å². The van der Waals surface area contributed by atoms with Crippen molar-refractivity contribution >= 4 is 12.0 Å². The van der Waals surface area contributed by atoms with Gasteiger partial charge in [0.1, 0.15) is 55.4 Å². The van der Waals surface area contributed by atoms with Crippen LogP contribution < -0.4 is 9.47 Å². The summed E-state index contributed by atoms with van der Waals surface area (Å²) >= 11 is 0. The molecule has 4 rings (SSSR count). The van der Waals surface area contributed by atoms with Crippen LogP contribution in [0.4, 0.5) is 0 Å². The van der Waals surface area contributed by atoms with Crippen molar-refractivity contribution in [3.8, 4) is 23.0 Å². The predicted octanol–water partition coefficient (Wildman–Crippen LogP) is -1.44. The molecule has 10 atom stereocenters. The van der Waals surface area contributed by atoms with Crippen molar-refractivity contribution in [1.82, 2.24) is 0 Å². The first kappa shape index (κ1) is 36.3. The molecule has 0 bridgehead atoms. The van der Waals surface area contributed by atoms with E-state index in [2.05, 4.69) is 0 Å². The van der Waals surface area contributed by atoms with E-state index in [1.54, 1.807) is 12.1 Å². The lowest BCUT2D eigenvalue weighted by atomic mass is 9.97. The third kappa shape index (κ3) is 8.88. The Morgan fingerprint density at radius 3 is 2.15 bits per heavy atom. The zero-order chi connectivity index (χ0) is 34.2. The number of hydrogen-bond acceptors (Lipinski definition) is 16. The summed E-state index contributed by atoms with van der Waals surface area (Å²) in [4.78, 5) is 12.5. The number of rotatable bonds is 13. The highest BCUT2D eigenvalue weighted by molar-refractivity contribution is 5.87. The number of aliphatic hydroxyl groups excluding tert-OH is 6. The van der Waals surface area contributed by atoms with Gasteiger partial charge in [-0.05, 0) is 47.9 Å². The van der Waals surface area contributed by atoms with Crippen molar-refractivity contribution in [1.29, 1.82) is 0 Å². The average molecular weight is 669 g/mol. The number of hydrogen-bond donors (Lipinski definition) is 8. The second kappa shape index (κ2) is 16.5. The Bertz CT molecular complexity index is 1350. The van der Waals surface area contributed by atoms with Gasteiger partial charge in [0.05, 0.1) is 27.4 Å². The molecule has 2 aromatic rings. The Morgan fingerprint density at radius 2 is 1.47 bits per heavy atom. The SMILES string of the molecule is COc1cc(C=CC(=O)OC[C@H]2O[C@@H](OCCc3ccc(O)c(OC)c3)[C@@H](O)[C@@H](O[C@@H]3O[C@H](CO)[C@H](O)[C@H](O)[C@@H]3O)[C@H]2O)ccc1O. The number of aromatic hydroxyl groups is 2. The molecule has 260 valence electrons. The van der Waals surface area contributed by atoms with Crippen LogP contribution >= 0.6 is 0 Å². The van der Waals surface area contributed by atoms with Crippen molar-refractivity contribution in [3.63, 3.8) is 0 Å². The summed E-state index contributed by atoms with van der Waals surface area (Å²) in [6, 6.07) is 9.08. The number of carbonyl (C=O) groups excluding carboxylic acids is 1. The molecule has 47 heavy (non-hydrogen) atoms. The third-order valence-electron chi connectivity index (χ3n) is 7.70. The first-order valence-electron chi connectivity index (χ1n) is 14.6. The van der Waals surface area contributed by atoms with Crippen LogP contribution in [-0.4, -0.2) is 142 Å². The summed E-state index contributed by atoms with van der Waals surface area (Å²) in [5.41, 5.74) is 1.23. The number of esters is 1. The number of methoxy groups -OCH3 is 2. The molecule has 16 nitrogen and oxygen atoms in total. The lowest BCUT2D eigenvalue weighted by Crippen LogP contribution is -2.65. The van der Waals surface area contributed by atoms with E-state index in [0.717, 1.165) is 6.08 Å². The second-order valence-electron chi connectivity index (χ2n) is 10.8. The smallest absolute Gasteiger partial charge is 0.330 e. The summed E-state index contributed by atoms with van der Waals surface area (Å²) in [7, 11) is 2.77. The number of phenolic OH excluding ortho intramolecular Hbond substituents is 2. The normalized spacial score (nSPS) is 31.1. The van der Waals surface area contributed by atoms with E-state index in [9.17, 15) is 45.6 Å². The molecular formula is C31H40O16. The van der Waals surface area contributed by atoms with Crippen molar-refractivity contribution in [2.24, 2.45) is 0 Å². The molecule has 16 heteroatoms. The van der Waals surface area contributed by atoms with Crippen molar-refractivity contribution in [2.45, 2.75) is 67.8 Å². The summed E-state index contributed by atoms with van der Waals surface area (Å²) in [5.74, 6) is -0.533. The van der Waals surface area contributed by atoms with Gasteiger partial charge in [-0.2, -0.15) is 0 Å². The van der Waals surface area contributed by atoms with Crippen LogP contribution in [0.5, 0.6) is 23.0 Å². The fourth-order valence-corrected chi connectivity index (χ4v) is 5.02. The monoisotopic (exact) mass is 668 g/mol. The maximum atomic E-state index is 12.5. The highest BCUT2D eigenvalue weighted by Gasteiger charge is 2.51. The van der Waals surface area contributed by atoms with Gasteiger partial charge in [0.2, 0.25) is 0 Å². The minimum atomic E-state index is -1.83. The largest absolute Gasteiger partial charge is 0.504 e. The van der Waals surface area contributed by atoms with Gasteiger partial charge < -0.3 is 74.0 Å². The molecule has 0 unspecified atom stereocenters. The Labute approximate surface area is 269 Å². The van der Waals surface area contributed by atoms with Crippen LogP contribution in [0.2, 0.25) is 0 Å². The Hall–Kier alpha value is -3.55. The van der Waals surface area contributed by atoms with Crippen LogP contribution in [-0.2, 0) is 34.9 Å². The number of ether oxygens (including phenoxy) is 7. The van der Waals surface area contributed by atoms with Crippen molar-refractivity contribution in [3.05, 3.63) is 53.6 Å². The number of carbonyl (C=O) groups is 1. The van der Waals surface area contributed by atoms with Gasteiger partial charge in [0.25, 0.3) is 0 Å². The zero-order valence-electron chi connectivity index (χ0n) is 25.6. The van der Waals surface area contributed by atoms with E-state index in [4.69, 9.17) is 33.2 Å². The standard InChI is InChI=1S/C31H40O16/c1-41-19-11-15(3-6-17(19)33)5-8-23(35)44-14-22-25(37)29(47-31-27(39)26(38)24(36)21(13-32)45-31)28(40)30(46-22)43-10-9-16-4-7-18(34)20(12-16)42-2/h3-8,11-12,21-22,24-34,36-40H,9-10,13-14H2,1-2H3/t21-,22-,24+,25+,26+,27+,28+,29+,30-,31+/m1/s1. The van der Waals surface area contributed by atoms with E-state index in [0.29, 0.717) is 11.1 Å². The van der Waals surface area contributed by atoms with Crippen LogP contribution in [0.15, 0.2) is 42.5 Å². The Balaban J connectivity index is 1.46. The van der Waals surface area contributed by atoms with Crippen LogP contribution in [0.25, 0.3) is 6.08 Å². The third-order valence-corrected chi connectivity index (χ3v) is 7.70. The minimum absolute atomic E-state index is 0.0378. The molecule has 8 N–H and O–H groups in total. The van der Waals surface area contributed by atoms with E-state index < -0.39 is 80.6 Å². The molecule has 0 saturated carbocycles. The van der Waals surface area contributed by atoms with Crippen LogP contribution in [0.3, 0.4) is 0 Å². The average Bonchev–Trinajstić information content (AvgIpc) is 3.07. The molecule has 0 spiro atoms. The lowest BCUT2D eigenvalue weighted by molar-refractivity contribution is -0.360. The van der Waals surface area contributed by atoms with Gasteiger partial charge in [0, 0.05) is 6.08 Å². The number of aliphatic hydroxyl groups is 6. The molecular weight excluding hydrogens is 628 g/mol. The minimum Gasteiger partial charge on any atom is -0.504 e. The zero-order valence-corrected chi connectivity index (χ0v) is 25.6. The fourth-order valence-electron chi connectivity index (χ4n) is 5.02. The summed E-state index contributed by atoms with van der Waals surface area (Å²) < 4.78 is 38.0. The summed E-state index contributed by atoms with van der Waals surface area (Å²) in [6.45, 7) is -1.32. The number of phenols is 2. The molecule has 2 saturated heterocycles. The van der Waals surface area contributed by atoms with Gasteiger partial charge in [-0.25, -0.2) is 4.79 Å². The van der Waals surface area contributed by atoms with Gasteiger partial charge >= 0.3 is 5.97 Å². The van der Waals surface area contributed by atoms with Crippen LogP contribution in [0, 0.1) is 0 Å². The maximum Gasteiger partial charge on any atom is 0.330 e. The molecule has 2 heterocycles. The van der Waals surface area contributed by atoms with Crippen LogP contribution in [0.1, 0.15) is 11.1 Å². The van der Waals surface area contributed by atoms with E-state index >= 15 is 0 Å². The lowest BCUT2D eigenvalue weighted by Gasteiger charge is -2.46. The summed E-state index contributed by atoms with van der Waals surface area (Å²) in [5, 5.41) is 82.1. The van der Waals surface area contributed by atoms with Gasteiger partial charge in [-0.3, -0.25) is 0 Å². The van der Waals surface area contributed by atoms with Gasteiger partial charge in [-0.15, -0.1) is 0 Å². The highest BCUT2D eigenvalue weighted by atomic mass is 16.7. The molecule has 0 aliphatic carbocycles. The molecule has 0 aromatic heterocycles. The predicted molar refractivity (Wildman–Crippen MR) is 158 cm³/mol. The van der Waals surface area contributed by atoms with E-state index in [1.165, 1.54) is 44.6 Å². The maximum absolute atomic E-state index is 12.5. The second-order valence-corrected chi connectivity index (χ2v) is 10.8. The van der Waals surface area contributed by atoms with Crippen molar-refractivity contribution in [2.75, 3.05) is 34.0 Å². The Morgan fingerprint density at radius 1 is 0.809 bits per heavy atom. The fraction of sp³-hybridized carbons (Fsp3) is 0.516. The molecule has 0 radical (unpaired) electrons. The highest BCUT2D eigenvalue weighted by Crippen LogP contribution is 2.31. The molecule has 2 aromatic carbocycles. The van der Waals surface area contributed by atoms with E-state index in [-0.39, 0.29) is 36.0 Å². The molecule has 2 fully saturated rings. The number of benzene rings is 2. The van der Waals surface area contributed by atoms with Crippen molar-refractivity contribution < 1.29 is 78.8 Å². The molecule has 2 aliphatic heterocycles. The van der Waals surface area contributed by atoms with E-state index in [1.807, 2.05) is 0 Å². The quantitative estimate of drug-likeness (QED) is 0.0900. The van der Waals surface area contributed by atoms with Gasteiger partial charge in [0.15, 0.2) is 35.6 Å². The topological polar surface area (TPSA) is 244 Å². The molecule has 2 aliphatic rings.